The van der Waals surface area contributed by atoms with Crippen LogP contribution < -0.4 is 14.8 Å². The van der Waals surface area contributed by atoms with E-state index >= 15 is 0 Å². The SMILES string of the molecule is c1ccc(OC2(Oc3ccccc3)CCNCC2)cc1. The molecule has 2 aromatic rings. The van der Waals surface area contributed by atoms with E-state index in [1.165, 1.54) is 0 Å². The molecule has 0 amide bonds. The van der Waals surface area contributed by atoms with E-state index in [4.69, 9.17) is 9.47 Å². The van der Waals surface area contributed by atoms with Gasteiger partial charge in [0.1, 0.15) is 11.5 Å². The molecule has 0 radical (unpaired) electrons. The molecule has 0 saturated carbocycles. The maximum Gasteiger partial charge on any atom is 0.253 e. The minimum atomic E-state index is -0.575. The Balaban J connectivity index is 1.81. The predicted molar refractivity (Wildman–Crippen MR) is 79.0 cm³/mol. The van der Waals surface area contributed by atoms with E-state index in [0.29, 0.717) is 0 Å². The quantitative estimate of drug-likeness (QED) is 0.864. The fraction of sp³-hybridized carbons (Fsp3) is 0.294. The van der Waals surface area contributed by atoms with Crippen molar-refractivity contribution < 1.29 is 9.47 Å². The zero-order valence-corrected chi connectivity index (χ0v) is 11.4. The van der Waals surface area contributed by atoms with E-state index in [1.54, 1.807) is 0 Å². The van der Waals surface area contributed by atoms with Crippen molar-refractivity contribution in [1.29, 1.82) is 0 Å². The molecule has 1 heterocycles. The highest BCUT2D eigenvalue weighted by Gasteiger charge is 2.36. The molecule has 3 nitrogen and oxygen atoms in total. The lowest BCUT2D eigenvalue weighted by Crippen LogP contribution is -2.50. The van der Waals surface area contributed by atoms with Crippen LogP contribution in [0.25, 0.3) is 0 Å². The van der Waals surface area contributed by atoms with Crippen LogP contribution in [0, 0.1) is 0 Å². The predicted octanol–water partition coefficient (Wildman–Crippen LogP) is 3.22. The maximum absolute atomic E-state index is 6.18. The van der Waals surface area contributed by atoms with Gasteiger partial charge in [-0.15, -0.1) is 0 Å². The van der Waals surface area contributed by atoms with Gasteiger partial charge in [-0.05, 0) is 24.3 Å². The fourth-order valence-electron chi connectivity index (χ4n) is 2.44. The van der Waals surface area contributed by atoms with E-state index in [1.807, 2.05) is 60.7 Å². The van der Waals surface area contributed by atoms with Crippen LogP contribution in [0.4, 0.5) is 0 Å². The third-order valence-corrected chi connectivity index (χ3v) is 3.46. The summed E-state index contributed by atoms with van der Waals surface area (Å²) in [6.45, 7) is 1.80. The lowest BCUT2D eigenvalue weighted by atomic mass is 10.0. The third kappa shape index (κ3) is 3.11. The lowest BCUT2D eigenvalue weighted by molar-refractivity contribution is -0.132. The highest BCUT2D eigenvalue weighted by molar-refractivity contribution is 5.24. The normalized spacial score (nSPS) is 17.4. The largest absolute Gasteiger partial charge is 0.452 e. The molecular weight excluding hydrogens is 250 g/mol. The van der Waals surface area contributed by atoms with Crippen molar-refractivity contribution >= 4 is 0 Å². The van der Waals surface area contributed by atoms with E-state index in [-0.39, 0.29) is 0 Å². The van der Waals surface area contributed by atoms with Crippen LogP contribution >= 0.6 is 0 Å². The first-order valence-corrected chi connectivity index (χ1v) is 7.05. The van der Waals surface area contributed by atoms with Crippen LogP contribution in [0.3, 0.4) is 0 Å². The van der Waals surface area contributed by atoms with Crippen LogP contribution in [0.2, 0.25) is 0 Å². The van der Waals surface area contributed by atoms with Gasteiger partial charge in [0.2, 0.25) is 0 Å². The Hall–Kier alpha value is -2.00. The molecule has 20 heavy (non-hydrogen) atoms. The summed E-state index contributed by atoms with van der Waals surface area (Å²) < 4.78 is 12.4. The Labute approximate surface area is 119 Å². The highest BCUT2D eigenvalue weighted by atomic mass is 16.7. The lowest BCUT2D eigenvalue weighted by Gasteiger charge is -2.37. The second-order valence-electron chi connectivity index (χ2n) is 4.99. The molecular formula is C17H19NO2. The molecule has 3 rings (SSSR count). The Morgan fingerprint density at radius 1 is 0.700 bits per heavy atom. The van der Waals surface area contributed by atoms with Gasteiger partial charge >= 0.3 is 0 Å². The standard InChI is InChI=1S/C17H19NO2/c1-3-7-15(8-4-1)19-17(11-13-18-14-12-17)20-16-9-5-2-6-10-16/h1-10,18H,11-14H2. The number of ether oxygens (including phenoxy) is 2. The average molecular weight is 269 g/mol. The first-order chi connectivity index (χ1) is 9.86. The van der Waals surface area contributed by atoms with Gasteiger partial charge in [0, 0.05) is 25.9 Å². The molecule has 1 N–H and O–H groups in total. The summed E-state index contributed by atoms with van der Waals surface area (Å²) in [5.41, 5.74) is 0. The van der Waals surface area contributed by atoms with Gasteiger partial charge in [-0.2, -0.15) is 0 Å². The molecule has 0 aromatic heterocycles. The van der Waals surface area contributed by atoms with Crippen molar-refractivity contribution in [3.63, 3.8) is 0 Å². The first-order valence-electron chi connectivity index (χ1n) is 7.05. The first kappa shape index (κ1) is 13.0. The van der Waals surface area contributed by atoms with Crippen LogP contribution in [-0.4, -0.2) is 18.9 Å². The van der Waals surface area contributed by atoms with E-state index in [2.05, 4.69) is 5.32 Å². The average Bonchev–Trinajstić information content (AvgIpc) is 2.50. The maximum atomic E-state index is 6.18. The van der Waals surface area contributed by atoms with Gasteiger partial charge in [0.05, 0.1) is 0 Å². The Bertz CT molecular complexity index is 478. The summed E-state index contributed by atoms with van der Waals surface area (Å²) in [5.74, 6) is 1.13. The van der Waals surface area contributed by atoms with E-state index in [0.717, 1.165) is 37.4 Å². The molecule has 0 bridgehead atoms. The topological polar surface area (TPSA) is 30.5 Å². The fourth-order valence-corrected chi connectivity index (χ4v) is 2.44. The number of piperidine rings is 1. The minimum absolute atomic E-state index is 0.575. The van der Waals surface area contributed by atoms with Gasteiger partial charge in [-0.3, -0.25) is 0 Å². The smallest absolute Gasteiger partial charge is 0.253 e. The molecule has 1 saturated heterocycles. The molecule has 1 aliphatic rings. The molecule has 0 aliphatic carbocycles. The molecule has 1 fully saturated rings. The summed E-state index contributed by atoms with van der Waals surface area (Å²) >= 11 is 0. The van der Waals surface area contributed by atoms with Gasteiger partial charge in [0.15, 0.2) is 0 Å². The summed E-state index contributed by atoms with van der Waals surface area (Å²) in [5, 5.41) is 3.35. The Kier molecular flexibility index (Phi) is 3.88. The number of hydrogen-bond acceptors (Lipinski definition) is 3. The highest BCUT2D eigenvalue weighted by Crippen LogP contribution is 2.29. The summed E-state index contributed by atoms with van der Waals surface area (Å²) in [4.78, 5) is 0. The van der Waals surface area contributed by atoms with Crippen LogP contribution in [0.15, 0.2) is 60.7 Å². The summed E-state index contributed by atoms with van der Waals surface area (Å²) in [6, 6.07) is 19.8. The van der Waals surface area contributed by atoms with Gasteiger partial charge in [-0.1, -0.05) is 36.4 Å². The number of para-hydroxylation sites is 2. The summed E-state index contributed by atoms with van der Waals surface area (Å²) in [6.07, 6.45) is 1.66. The minimum Gasteiger partial charge on any atom is -0.452 e. The molecule has 104 valence electrons. The molecule has 0 spiro atoms. The van der Waals surface area contributed by atoms with Gasteiger partial charge in [-0.25, -0.2) is 0 Å². The van der Waals surface area contributed by atoms with Crippen molar-refractivity contribution in [3.8, 4) is 11.5 Å². The van der Waals surface area contributed by atoms with Gasteiger partial charge in [0.25, 0.3) is 5.79 Å². The van der Waals surface area contributed by atoms with Crippen LogP contribution in [0.5, 0.6) is 11.5 Å². The number of rotatable bonds is 4. The zero-order chi connectivity index (χ0) is 13.7. The molecule has 0 atom stereocenters. The summed E-state index contributed by atoms with van der Waals surface area (Å²) in [7, 11) is 0. The van der Waals surface area contributed by atoms with Gasteiger partial charge < -0.3 is 14.8 Å². The van der Waals surface area contributed by atoms with Crippen LogP contribution in [-0.2, 0) is 0 Å². The van der Waals surface area contributed by atoms with Crippen molar-refractivity contribution in [3.05, 3.63) is 60.7 Å². The molecule has 0 unspecified atom stereocenters. The molecule has 1 aliphatic heterocycles. The van der Waals surface area contributed by atoms with E-state index in [9.17, 15) is 0 Å². The van der Waals surface area contributed by atoms with Crippen molar-refractivity contribution in [2.24, 2.45) is 0 Å². The molecule has 2 aromatic carbocycles. The van der Waals surface area contributed by atoms with E-state index < -0.39 is 5.79 Å². The second kappa shape index (κ2) is 5.97. The number of benzene rings is 2. The molecule has 3 heteroatoms. The number of nitrogens with one attached hydrogen (secondary N) is 1. The van der Waals surface area contributed by atoms with Crippen molar-refractivity contribution in [2.75, 3.05) is 13.1 Å². The number of hydrogen-bond donors (Lipinski definition) is 1. The Morgan fingerprint density at radius 2 is 1.15 bits per heavy atom. The van der Waals surface area contributed by atoms with Crippen molar-refractivity contribution in [1.82, 2.24) is 5.32 Å². The third-order valence-electron chi connectivity index (χ3n) is 3.46. The Morgan fingerprint density at radius 3 is 1.60 bits per heavy atom. The zero-order valence-electron chi connectivity index (χ0n) is 11.4. The monoisotopic (exact) mass is 269 g/mol. The second-order valence-corrected chi connectivity index (χ2v) is 4.99. The van der Waals surface area contributed by atoms with Crippen LogP contribution in [0.1, 0.15) is 12.8 Å². The van der Waals surface area contributed by atoms with Crippen molar-refractivity contribution in [2.45, 2.75) is 18.6 Å².